The van der Waals surface area contributed by atoms with E-state index in [9.17, 15) is 0 Å². The van der Waals surface area contributed by atoms with E-state index in [0.717, 1.165) is 10.5 Å². The third-order valence-electron chi connectivity index (χ3n) is 1.70. The molecule has 0 fully saturated rings. The normalized spacial score (nSPS) is 15.6. The third kappa shape index (κ3) is 6.73. The molecule has 0 saturated carbocycles. The Balaban J connectivity index is 3.36. The van der Waals surface area contributed by atoms with Crippen molar-refractivity contribution in [3.8, 4) is 0 Å². The summed E-state index contributed by atoms with van der Waals surface area (Å²) in [6.07, 6.45) is 0. The maximum atomic E-state index is 5.45. The maximum Gasteiger partial charge on any atom is 0.158 e. The average Bonchev–Trinajstić information content (AvgIpc) is 1.81. The van der Waals surface area contributed by atoms with Gasteiger partial charge in [-0.3, -0.25) is 0 Å². The van der Waals surface area contributed by atoms with E-state index in [4.69, 9.17) is 4.12 Å². The van der Waals surface area contributed by atoms with Crippen molar-refractivity contribution in [3.63, 3.8) is 0 Å². The average molecular weight is 192 g/mol. The van der Waals surface area contributed by atoms with Crippen LogP contribution in [0.2, 0.25) is 38.3 Å². The van der Waals surface area contributed by atoms with E-state index < -0.39 is 17.1 Å². The number of rotatable bonds is 4. The lowest BCUT2D eigenvalue weighted by Crippen LogP contribution is -2.23. The molecule has 0 rings (SSSR count). The van der Waals surface area contributed by atoms with E-state index in [1.54, 1.807) is 0 Å². The minimum atomic E-state index is -0.766. The summed E-state index contributed by atoms with van der Waals surface area (Å²) in [5.74, 6) is 0. The van der Waals surface area contributed by atoms with Gasteiger partial charge in [0.1, 0.15) is 10.5 Å². The molecule has 0 saturated heterocycles. The van der Waals surface area contributed by atoms with Crippen molar-refractivity contribution in [1.29, 1.82) is 0 Å². The first kappa shape index (κ1) is 10.6. The fourth-order valence-corrected chi connectivity index (χ4v) is 6.79. The molecule has 0 aromatic rings. The fourth-order valence-electron chi connectivity index (χ4n) is 0.754. The highest BCUT2D eigenvalue weighted by molar-refractivity contribution is 6.77. The zero-order valence-corrected chi connectivity index (χ0v) is 12.1. The molecule has 0 aliphatic rings. The van der Waals surface area contributed by atoms with Gasteiger partial charge in [0.25, 0.3) is 0 Å². The second-order valence-electron chi connectivity index (χ2n) is 4.15. The second kappa shape index (κ2) is 4.48. The predicted octanol–water partition coefficient (Wildman–Crippen LogP) is 0.975. The molecule has 0 aliphatic heterocycles. The maximum absolute atomic E-state index is 5.45. The van der Waals surface area contributed by atoms with Crippen LogP contribution in [0, 0.1) is 0 Å². The molecule has 62 valence electrons. The Bertz CT molecular complexity index is 89.5. The summed E-state index contributed by atoms with van der Waals surface area (Å²) in [7, 11) is -0.500. The Kier molecular flexibility index (Phi) is 4.75. The van der Waals surface area contributed by atoms with Crippen molar-refractivity contribution in [1.82, 2.24) is 0 Å². The van der Waals surface area contributed by atoms with Gasteiger partial charge in [-0.15, -0.1) is 0 Å². The van der Waals surface area contributed by atoms with Crippen LogP contribution >= 0.6 is 0 Å². The summed E-state index contributed by atoms with van der Waals surface area (Å²) in [5, 5.41) is 0. The van der Waals surface area contributed by atoms with Gasteiger partial charge in [-0.2, -0.15) is 0 Å². The van der Waals surface area contributed by atoms with Crippen LogP contribution in [0.5, 0.6) is 0 Å². The van der Waals surface area contributed by atoms with Gasteiger partial charge in [0.05, 0.1) is 0 Å². The van der Waals surface area contributed by atoms with Crippen LogP contribution in [-0.4, -0.2) is 27.6 Å². The first-order valence-electron chi connectivity index (χ1n) is 3.98. The Morgan fingerprint density at radius 2 is 1.90 bits per heavy atom. The van der Waals surface area contributed by atoms with Gasteiger partial charge in [0, 0.05) is 8.07 Å². The molecular weight excluding hydrogens is 172 g/mol. The van der Waals surface area contributed by atoms with Crippen molar-refractivity contribution in [3.05, 3.63) is 0 Å². The molecule has 10 heavy (non-hydrogen) atoms. The van der Waals surface area contributed by atoms with Gasteiger partial charge < -0.3 is 4.12 Å². The van der Waals surface area contributed by atoms with E-state index in [2.05, 4.69) is 26.2 Å². The molecule has 0 radical (unpaired) electrons. The predicted molar refractivity (Wildman–Crippen MR) is 57.0 cm³/mol. The molecule has 1 nitrogen and oxygen atoms in total. The van der Waals surface area contributed by atoms with Crippen LogP contribution in [0.3, 0.4) is 0 Å². The Morgan fingerprint density at radius 1 is 1.40 bits per heavy atom. The highest BCUT2D eigenvalue weighted by Crippen LogP contribution is 2.13. The molecule has 0 heterocycles. The van der Waals surface area contributed by atoms with Gasteiger partial charge in [-0.1, -0.05) is 25.7 Å². The van der Waals surface area contributed by atoms with E-state index >= 15 is 0 Å². The SMILES string of the molecule is C[SiH](CC[Si](C)(C)C)O[SiH3]. The molecule has 1 unspecified atom stereocenters. The van der Waals surface area contributed by atoms with Gasteiger partial charge in [-0.05, 0) is 12.6 Å². The van der Waals surface area contributed by atoms with Crippen LogP contribution < -0.4 is 0 Å². The summed E-state index contributed by atoms with van der Waals surface area (Å²) in [5.41, 5.74) is 0. The highest BCUT2D eigenvalue weighted by Gasteiger charge is 2.14. The van der Waals surface area contributed by atoms with Gasteiger partial charge in [0.15, 0.2) is 9.04 Å². The zero-order chi connectivity index (χ0) is 8.20. The van der Waals surface area contributed by atoms with Crippen LogP contribution in [-0.2, 0) is 4.12 Å². The zero-order valence-electron chi connectivity index (χ0n) is 7.90. The monoisotopic (exact) mass is 192 g/mol. The molecule has 0 aromatic heterocycles. The lowest BCUT2D eigenvalue weighted by molar-refractivity contribution is 0.638. The van der Waals surface area contributed by atoms with E-state index in [-0.39, 0.29) is 0 Å². The second-order valence-corrected chi connectivity index (χ2v) is 13.9. The minimum Gasteiger partial charge on any atom is -0.466 e. The summed E-state index contributed by atoms with van der Waals surface area (Å²) in [6.45, 7) is 9.61. The number of hydrogen-bond acceptors (Lipinski definition) is 1. The third-order valence-corrected chi connectivity index (χ3v) is 8.39. The van der Waals surface area contributed by atoms with Crippen molar-refractivity contribution < 1.29 is 4.12 Å². The summed E-state index contributed by atoms with van der Waals surface area (Å²) >= 11 is 0. The Labute approximate surface area is 70.5 Å². The standard InChI is InChI=1S/C6H20OSi3/c1-9(7-8)5-6-10(2,3)4/h9H,5-6H2,1-4,8H3. The van der Waals surface area contributed by atoms with Crippen LogP contribution in [0.25, 0.3) is 0 Å². The van der Waals surface area contributed by atoms with E-state index in [1.165, 1.54) is 12.1 Å². The first-order chi connectivity index (χ1) is 4.45. The molecule has 1 atom stereocenters. The molecular formula is C6H20OSi3. The van der Waals surface area contributed by atoms with Crippen LogP contribution in [0.1, 0.15) is 0 Å². The molecule has 0 spiro atoms. The minimum absolute atomic E-state index is 0.685. The van der Waals surface area contributed by atoms with Gasteiger partial charge in [0.2, 0.25) is 0 Å². The summed E-state index contributed by atoms with van der Waals surface area (Å²) < 4.78 is 5.45. The van der Waals surface area contributed by atoms with E-state index in [0.29, 0.717) is 0 Å². The molecule has 0 bridgehead atoms. The highest BCUT2D eigenvalue weighted by atomic mass is 28.3. The quantitative estimate of drug-likeness (QED) is 0.604. The van der Waals surface area contributed by atoms with Gasteiger partial charge in [-0.25, -0.2) is 0 Å². The molecule has 4 heteroatoms. The molecule has 0 aliphatic carbocycles. The molecule has 0 aromatic carbocycles. The fraction of sp³-hybridized carbons (Fsp3) is 1.00. The summed E-state index contributed by atoms with van der Waals surface area (Å²) in [4.78, 5) is 0. The lowest BCUT2D eigenvalue weighted by atomic mass is 10.9. The van der Waals surface area contributed by atoms with Crippen molar-refractivity contribution in [2.75, 3.05) is 0 Å². The van der Waals surface area contributed by atoms with Crippen LogP contribution in [0.15, 0.2) is 0 Å². The summed E-state index contributed by atoms with van der Waals surface area (Å²) in [6, 6.07) is 2.86. The topological polar surface area (TPSA) is 9.23 Å². The smallest absolute Gasteiger partial charge is 0.158 e. The molecule has 0 N–H and O–H groups in total. The van der Waals surface area contributed by atoms with E-state index in [1.807, 2.05) is 0 Å². The largest absolute Gasteiger partial charge is 0.466 e. The van der Waals surface area contributed by atoms with Crippen LogP contribution in [0.4, 0.5) is 0 Å². The lowest BCUT2D eigenvalue weighted by Gasteiger charge is -2.17. The van der Waals surface area contributed by atoms with Gasteiger partial charge >= 0.3 is 0 Å². The van der Waals surface area contributed by atoms with Crippen molar-refractivity contribution in [2.24, 2.45) is 0 Å². The first-order valence-corrected chi connectivity index (χ1v) is 10.9. The Hall–Kier alpha value is 0.611. The Morgan fingerprint density at radius 3 is 2.20 bits per heavy atom. The number of hydrogen-bond donors (Lipinski definition) is 0. The van der Waals surface area contributed by atoms with Crippen molar-refractivity contribution >= 4 is 27.6 Å². The molecule has 0 amide bonds. The van der Waals surface area contributed by atoms with Crippen molar-refractivity contribution in [2.45, 2.75) is 38.3 Å².